The molecule has 7 nitrogen and oxygen atoms in total. The fourth-order valence-corrected chi connectivity index (χ4v) is 1.71. The number of hydrogen-bond donors (Lipinski definition) is 2. The highest BCUT2D eigenvalue weighted by molar-refractivity contribution is 5.77. The number of carbonyl (C=O) groups is 1. The predicted octanol–water partition coefficient (Wildman–Crippen LogP) is 0.954. The van der Waals surface area contributed by atoms with Gasteiger partial charge in [0.25, 0.3) is 5.78 Å². The molecule has 2 aromatic rings. The zero-order valence-corrected chi connectivity index (χ0v) is 10.5. The van der Waals surface area contributed by atoms with Crippen LogP contribution in [-0.2, 0) is 4.79 Å². The van der Waals surface area contributed by atoms with Gasteiger partial charge in [0, 0.05) is 11.8 Å². The molecule has 0 fully saturated rings. The molecule has 0 saturated carbocycles. The van der Waals surface area contributed by atoms with Crippen molar-refractivity contribution in [3.63, 3.8) is 0 Å². The van der Waals surface area contributed by atoms with Crippen molar-refractivity contribution in [1.82, 2.24) is 19.6 Å². The number of carboxylic acid groups (broad SMARTS) is 1. The number of hydrogen-bond acceptors (Lipinski definition) is 5. The highest BCUT2D eigenvalue weighted by Crippen LogP contribution is 2.14. The van der Waals surface area contributed by atoms with Gasteiger partial charge in [0.1, 0.15) is 18.2 Å². The summed E-state index contributed by atoms with van der Waals surface area (Å²) in [5.41, 5.74) is 0.755. The molecule has 96 valence electrons. The van der Waals surface area contributed by atoms with Crippen LogP contribution in [0.25, 0.3) is 5.78 Å². The average molecular weight is 249 g/mol. The van der Waals surface area contributed by atoms with E-state index in [0.29, 0.717) is 11.6 Å². The van der Waals surface area contributed by atoms with E-state index in [1.54, 1.807) is 6.07 Å². The molecule has 0 aliphatic rings. The lowest BCUT2D eigenvalue weighted by Crippen LogP contribution is -2.35. The molecule has 2 N–H and O–H groups in total. The van der Waals surface area contributed by atoms with Gasteiger partial charge < -0.3 is 10.4 Å². The van der Waals surface area contributed by atoms with Crippen molar-refractivity contribution in [1.29, 1.82) is 0 Å². The van der Waals surface area contributed by atoms with Gasteiger partial charge in [-0.05, 0) is 12.8 Å². The number of nitrogens with one attached hydrogen (secondary N) is 1. The van der Waals surface area contributed by atoms with E-state index in [4.69, 9.17) is 0 Å². The second kappa shape index (κ2) is 4.59. The third-order valence-corrected chi connectivity index (χ3v) is 2.62. The van der Waals surface area contributed by atoms with Crippen LogP contribution in [0, 0.1) is 12.8 Å². The SMILES string of the molecule is Cc1cc(N[C@@H](C(=O)O)C(C)C)n2ncnc2n1. The number of rotatable bonds is 4. The molecule has 2 heterocycles. The summed E-state index contributed by atoms with van der Waals surface area (Å²) in [6, 6.07) is 1.07. The van der Waals surface area contributed by atoms with Gasteiger partial charge in [-0.1, -0.05) is 13.8 Å². The largest absolute Gasteiger partial charge is 0.480 e. The lowest BCUT2D eigenvalue weighted by molar-refractivity contribution is -0.138. The molecule has 0 aliphatic carbocycles. The number of carboxylic acids is 1. The van der Waals surface area contributed by atoms with E-state index in [-0.39, 0.29) is 5.92 Å². The Morgan fingerprint density at radius 2 is 2.22 bits per heavy atom. The zero-order chi connectivity index (χ0) is 13.3. The molecule has 0 unspecified atom stereocenters. The van der Waals surface area contributed by atoms with Crippen molar-refractivity contribution in [2.75, 3.05) is 5.32 Å². The smallest absolute Gasteiger partial charge is 0.326 e. The Morgan fingerprint density at radius 1 is 1.50 bits per heavy atom. The van der Waals surface area contributed by atoms with Crippen LogP contribution < -0.4 is 5.32 Å². The maximum absolute atomic E-state index is 11.2. The first-order valence-corrected chi connectivity index (χ1v) is 5.65. The van der Waals surface area contributed by atoms with Crippen LogP contribution in [0.1, 0.15) is 19.5 Å². The summed E-state index contributed by atoms with van der Waals surface area (Å²) in [6.45, 7) is 5.52. The molecule has 0 radical (unpaired) electrons. The molecule has 0 spiro atoms. The maximum atomic E-state index is 11.2. The van der Waals surface area contributed by atoms with Gasteiger partial charge in [-0.25, -0.2) is 9.78 Å². The Bertz CT molecular complexity index is 578. The maximum Gasteiger partial charge on any atom is 0.326 e. The van der Waals surface area contributed by atoms with Gasteiger partial charge >= 0.3 is 5.97 Å². The molecule has 0 aliphatic heterocycles. The number of anilines is 1. The molecule has 2 aromatic heterocycles. The van der Waals surface area contributed by atoms with Crippen LogP contribution in [0.2, 0.25) is 0 Å². The summed E-state index contributed by atoms with van der Waals surface area (Å²) in [5, 5.41) is 16.2. The minimum atomic E-state index is -0.896. The summed E-state index contributed by atoms with van der Waals surface area (Å²) in [4.78, 5) is 19.4. The minimum absolute atomic E-state index is 0.0467. The summed E-state index contributed by atoms with van der Waals surface area (Å²) in [6.07, 6.45) is 1.39. The molecule has 0 aromatic carbocycles. The molecule has 2 rings (SSSR count). The van der Waals surface area contributed by atoms with Gasteiger partial charge in [0.15, 0.2) is 0 Å². The third kappa shape index (κ3) is 2.24. The lowest BCUT2D eigenvalue weighted by Gasteiger charge is -2.19. The van der Waals surface area contributed by atoms with Crippen molar-refractivity contribution >= 4 is 17.6 Å². The Morgan fingerprint density at radius 3 is 2.83 bits per heavy atom. The van der Waals surface area contributed by atoms with Gasteiger partial charge in [-0.15, -0.1) is 0 Å². The monoisotopic (exact) mass is 249 g/mol. The molecule has 0 saturated heterocycles. The van der Waals surface area contributed by atoms with E-state index in [2.05, 4.69) is 20.4 Å². The van der Waals surface area contributed by atoms with Gasteiger partial charge in [0.05, 0.1) is 0 Å². The van der Waals surface area contributed by atoms with Crippen LogP contribution in [-0.4, -0.2) is 36.7 Å². The summed E-state index contributed by atoms with van der Waals surface area (Å²) in [5.74, 6) is 0.0868. The van der Waals surface area contributed by atoms with E-state index in [1.165, 1.54) is 10.8 Å². The molecule has 18 heavy (non-hydrogen) atoms. The first kappa shape index (κ1) is 12.3. The Kier molecular flexibility index (Phi) is 3.14. The molecule has 0 bridgehead atoms. The number of nitrogens with zero attached hydrogens (tertiary/aromatic N) is 4. The molecule has 7 heteroatoms. The van der Waals surface area contributed by atoms with Gasteiger partial charge in [0.2, 0.25) is 0 Å². The quantitative estimate of drug-likeness (QED) is 0.838. The standard InChI is InChI=1S/C11H15N5O2/c1-6(2)9(10(17)18)15-8-4-7(3)14-11-12-5-13-16(8)11/h4-6,9,15H,1-3H3,(H,17,18)/t9-/m1/s1. The lowest BCUT2D eigenvalue weighted by atomic mass is 10.1. The molecular formula is C11H15N5O2. The average Bonchev–Trinajstić information content (AvgIpc) is 2.72. The van der Waals surface area contributed by atoms with Crippen LogP contribution in [0.3, 0.4) is 0 Å². The second-order valence-electron chi connectivity index (χ2n) is 4.46. The number of aliphatic carboxylic acids is 1. The number of aromatic nitrogens is 4. The van der Waals surface area contributed by atoms with E-state index in [0.717, 1.165) is 5.69 Å². The number of fused-ring (bicyclic) bond motifs is 1. The predicted molar refractivity (Wildman–Crippen MR) is 65.4 cm³/mol. The summed E-state index contributed by atoms with van der Waals surface area (Å²) in [7, 11) is 0. The van der Waals surface area contributed by atoms with Crippen LogP contribution in [0.5, 0.6) is 0 Å². The normalized spacial score (nSPS) is 12.9. The van der Waals surface area contributed by atoms with Crippen LogP contribution >= 0.6 is 0 Å². The van der Waals surface area contributed by atoms with E-state index < -0.39 is 12.0 Å². The molecule has 0 amide bonds. The Hall–Kier alpha value is -2.18. The van der Waals surface area contributed by atoms with Crippen molar-refractivity contribution in [3.05, 3.63) is 18.1 Å². The molecule has 1 atom stereocenters. The number of aryl methyl sites for hydroxylation is 1. The van der Waals surface area contributed by atoms with Crippen molar-refractivity contribution in [2.24, 2.45) is 5.92 Å². The van der Waals surface area contributed by atoms with Crippen molar-refractivity contribution in [2.45, 2.75) is 26.8 Å². The van der Waals surface area contributed by atoms with E-state index in [9.17, 15) is 9.90 Å². The van der Waals surface area contributed by atoms with Gasteiger partial charge in [-0.2, -0.15) is 14.6 Å². The van der Waals surface area contributed by atoms with Crippen LogP contribution in [0.4, 0.5) is 5.82 Å². The van der Waals surface area contributed by atoms with E-state index in [1.807, 2.05) is 20.8 Å². The fraction of sp³-hybridized carbons (Fsp3) is 0.455. The third-order valence-electron chi connectivity index (χ3n) is 2.62. The van der Waals surface area contributed by atoms with Crippen molar-refractivity contribution in [3.8, 4) is 0 Å². The second-order valence-corrected chi connectivity index (χ2v) is 4.46. The summed E-state index contributed by atoms with van der Waals surface area (Å²) < 4.78 is 1.49. The van der Waals surface area contributed by atoms with Crippen molar-refractivity contribution < 1.29 is 9.90 Å². The van der Waals surface area contributed by atoms with Crippen LogP contribution in [0.15, 0.2) is 12.4 Å². The Labute approximate surface area is 104 Å². The highest BCUT2D eigenvalue weighted by Gasteiger charge is 2.22. The minimum Gasteiger partial charge on any atom is -0.480 e. The molecular weight excluding hydrogens is 234 g/mol. The Balaban J connectivity index is 2.41. The summed E-state index contributed by atoms with van der Waals surface area (Å²) >= 11 is 0. The zero-order valence-electron chi connectivity index (χ0n) is 10.5. The first-order chi connectivity index (χ1) is 8.49. The fourth-order valence-electron chi connectivity index (χ4n) is 1.71. The van der Waals surface area contributed by atoms with Gasteiger partial charge in [-0.3, -0.25) is 0 Å². The van der Waals surface area contributed by atoms with E-state index >= 15 is 0 Å². The first-order valence-electron chi connectivity index (χ1n) is 5.65. The topological polar surface area (TPSA) is 92.4 Å². The highest BCUT2D eigenvalue weighted by atomic mass is 16.4.